The number of thiazole rings is 1. The maximum atomic E-state index is 12.2. The zero-order valence-electron chi connectivity index (χ0n) is 11.4. The summed E-state index contributed by atoms with van der Waals surface area (Å²) in [6, 6.07) is 0. The number of hydrogen-bond donors (Lipinski definition) is 2. The summed E-state index contributed by atoms with van der Waals surface area (Å²) in [5, 5.41) is 13.1. The number of sulfonamides is 1. The molecule has 114 valence electrons. The van der Waals surface area contributed by atoms with E-state index in [1.165, 1.54) is 5.51 Å². The second kappa shape index (κ2) is 5.92. The number of aromatic carboxylic acids is 1. The lowest BCUT2D eigenvalue weighted by Gasteiger charge is -2.05. The first-order chi connectivity index (χ1) is 9.85. The van der Waals surface area contributed by atoms with Gasteiger partial charge < -0.3 is 5.11 Å². The summed E-state index contributed by atoms with van der Waals surface area (Å²) >= 11 is 0.772. The van der Waals surface area contributed by atoms with Crippen molar-refractivity contribution >= 4 is 27.3 Å². The van der Waals surface area contributed by atoms with Gasteiger partial charge in [0.2, 0.25) is 0 Å². The van der Waals surface area contributed by atoms with Crippen molar-refractivity contribution in [2.24, 2.45) is 7.05 Å². The maximum Gasteiger partial charge on any atom is 0.356 e. The molecule has 0 unspecified atom stereocenters. The molecule has 8 nitrogen and oxygen atoms in total. The highest BCUT2D eigenvalue weighted by Crippen LogP contribution is 2.20. The number of carboxylic acid groups (broad SMARTS) is 1. The molecule has 2 aromatic rings. The van der Waals surface area contributed by atoms with E-state index in [1.807, 2.05) is 6.92 Å². The Hall–Kier alpha value is -1.78. The Morgan fingerprint density at radius 1 is 1.52 bits per heavy atom. The van der Waals surface area contributed by atoms with Gasteiger partial charge in [0.1, 0.15) is 0 Å². The predicted octanol–water partition coefficient (Wildman–Crippen LogP) is 0.616. The van der Waals surface area contributed by atoms with Gasteiger partial charge in [0, 0.05) is 25.4 Å². The molecule has 0 aromatic carbocycles. The van der Waals surface area contributed by atoms with E-state index in [1.54, 1.807) is 17.9 Å². The van der Waals surface area contributed by atoms with Gasteiger partial charge in [0.25, 0.3) is 10.0 Å². The summed E-state index contributed by atoms with van der Waals surface area (Å²) in [6.07, 6.45) is 2.41. The number of rotatable bonds is 6. The minimum absolute atomic E-state index is 0.0519. The van der Waals surface area contributed by atoms with Crippen LogP contribution in [0, 0.1) is 0 Å². The van der Waals surface area contributed by atoms with Crippen LogP contribution in [0.3, 0.4) is 0 Å². The van der Waals surface area contributed by atoms with Crippen LogP contribution in [0.1, 0.15) is 28.7 Å². The molecule has 0 aliphatic heterocycles. The molecular formula is C11H14N4O4S2. The average molecular weight is 330 g/mol. The van der Waals surface area contributed by atoms with Crippen molar-refractivity contribution in [3.63, 3.8) is 0 Å². The summed E-state index contributed by atoms with van der Waals surface area (Å²) in [5.74, 6) is -1.37. The number of hydrogen-bond acceptors (Lipinski definition) is 6. The van der Waals surface area contributed by atoms with Gasteiger partial charge in [-0.1, -0.05) is 6.92 Å². The summed E-state index contributed by atoms with van der Waals surface area (Å²) in [6.45, 7) is 1.97. The number of carbonyl (C=O) groups is 1. The van der Waals surface area contributed by atoms with Crippen LogP contribution in [-0.2, 0) is 30.0 Å². The molecule has 0 atom stereocenters. The summed E-state index contributed by atoms with van der Waals surface area (Å²) in [5.41, 5.74) is 2.28. The second-order valence-corrected chi connectivity index (χ2v) is 7.06. The second-order valence-electron chi connectivity index (χ2n) is 4.25. The van der Waals surface area contributed by atoms with Crippen molar-refractivity contribution in [2.45, 2.75) is 24.1 Å². The molecule has 2 rings (SSSR count). The number of nitrogens with one attached hydrogen (secondary N) is 1. The number of aryl methyl sites for hydroxylation is 2. The Kier molecular flexibility index (Phi) is 4.40. The number of carboxylic acids is 1. The van der Waals surface area contributed by atoms with E-state index in [-0.39, 0.29) is 10.8 Å². The fourth-order valence-corrected chi connectivity index (χ4v) is 4.03. The van der Waals surface area contributed by atoms with Crippen LogP contribution in [0.15, 0.2) is 15.9 Å². The van der Waals surface area contributed by atoms with Gasteiger partial charge in [-0.2, -0.15) is 5.10 Å². The summed E-state index contributed by atoms with van der Waals surface area (Å²) in [7, 11) is -2.17. The largest absolute Gasteiger partial charge is 0.476 e. The van der Waals surface area contributed by atoms with Gasteiger partial charge in [0.15, 0.2) is 9.90 Å². The molecule has 0 aliphatic carbocycles. The van der Waals surface area contributed by atoms with E-state index in [0.717, 1.165) is 22.6 Å². The fourth-order valence-electron chi connectivity index (χ4n) is 1.84. The molecule has 10 heteroatoms. The molecule has 0 radical (unpaired) electrons. The van der Waals surface area contributed by atoms with E-state index in [0.29, 0.717) is 6.42 Å². The topological polar surface area (TPSA) is 114 Å². The van der Waals surface area contributed by atoms with Crippen molar-refractivity contribution in [1.29, 1.82) is 0 Å². The first kappa shape index (κ1) is 15.6. The predicted molar refractivity (Wildman–Crippen MR) is 75.7 cm³/mol. The summed E-state index contributed by atoms with van der Waals surface area (Å²) in [4.78, 5) is 14.5. The van der Waals surface area contributed by atoms with Crippen molar-refractivity contribution in [2.75, 3.05) is 0 Å². The zero-order chi connectivity index (χ0) is 15.6. The van der Waals surface area contributed by atoms with Crippen molar-refractivity contribution in [3.8, 4) is 0 Å². The maximum absolute atomic E-state index is 12.2. The van der Waals surface area contributed by atoms with Crippen LogP contribution in [0.2, 0.25) is 0 Å². The quantitative estimate of drug-likeness (QED) is 0.802. The van der Waals surface area contributed by atoms with Gasteiger partial charge in [0.05, 0.1) is 11.2 Å². The van der Waals surface area contributed by atoms with Crippen molar-refractivity contribution in [3.05, 3.63) is 28.7 Å². The van der Waals surface area contributed by atoms with Crippen LogP contribution in [0.5, 0.6) is 0 Å². The average Bonchev–Trinajstić information content (AvgIpc) is 3.02. The number of nitrogens with zero attached hydrogens (tertiary/aromatic N) is 3. The molecule has 0 spiro atoms. The molecule has 0 bridgehead atoms. The first-order valence-corrected chi connectivity index (χ1v) is 8.39. The van der Waals surface area contributed by atoms with E-state index < -0.39 is 21.7 Å². The van der Waals surface area contributed by atoms with Crippen LogP contribution < -0.4 is 4.72 Å². The lowest BCUT2D eigenvalue weighted by atomic mass is 10.2. The van der Waals surface area contributed by atoms with Crippen molar-refractivity contribution < 1.29 is 18.3 Å². The zero-order valence-corrected chi connectivity index (χ0v) is 13.0. The highest BCUT2D eigenvalue weighted by atomic mass is 32.2. The van der Waals surface area contributed by atoms with Crippen molar-refractivity contribution in [1.82, 2.24) is 19.5 Å². The smallest absolute Gasteiger partial charge is 0.356 e. The molecule has 21 heavy (non-hydrogen) atoms. The third kappa shape index (κ3) is 3.28. The third-order valence-corrected chi connectivity index (χ3v) is 5.53. The van der Waals surface area contributed by atoms with E-state index in [2.05, 4.69) is 14.8 Å². The summed E-state index contributed by atoms with van der Waals surface area (Å²) < 4.78 is 28.0. The van der Waals surface area contributed by atoms with Crippen LogP contribution >= 0.6 is 11.3 Å². The first-order valence-electron chi connectivity index (χ1n) is 6.03. The van der Waals surface area contributed by atoms with E-state index in [9.17, 15) is 13.2 Å². The molecule has 0 saturated carbocycles. The standard InChI is InChI=1S/C11H14N4O4S2/c1-3-8-7(5-15(2)14-8)4-13-21(18,19)11-9(10(16)17)12-6-20-11/h5-6,13H,3-4H2,1-2H3,(H,16,17). The van der Waals surface area contributed by atoms with E-state index in [4.69, 9.17) is 5.11 Å². The molecule has 2 aromatic heterocycles. The minimum Gasteiger partial charge on any atom is -0.476 e. The fraction of sp³-hybridized carbons (Fsp3) is 0.364. The Bertz CT molecular complexity index is 763. The molecular weight excluding hydrogens is 316 g/mol. The van der Waals surface area contributed by atoms with Gasteiger partial charge in [-0.3, -0.25) is 4.68 Å². The third-order valence-electron chi connectivity index (χ3n) is 2.76. The van der Waals surface area contributed by atoms with Crippen LogP contribution in [0.25, 0.3) is 0 Å². The van der Waals surface area contributed by atoms with Gasteiger partial charge in [-0.05, 0) is 6.42 Å². The Balaban J connectivity index is 2.22. The monoisotopic (exact) mass is 330 g/mol. The molecule has 0 aliphatic rings. The van der Waals surface area contributed by atoms with Gasteiger partial charge in [-0.25, -0.2) is 22.9 Å². The lowest BCUT2D eigenvalue weighted by Crippen LogP contribution is -2.24. The lowest BCUT2D eigenvalue weighted by molar-refractivity contribution is 0.0687. The molecule has 2 N–H and O–H groups in total. The highest BCUT2D eigenvalue weighted by Gasteiger charge is 2.25. The van der Waals surface area contributed by atoms with E-state index >= 15 is 0 Å². The van der Waals surface area contributed by atoms with Gasteiger partial charge >= 0.3 is 5.97 Å². The highest BCUT2D eigenvalue weighted by molar-refractivity contribution is 7.91. The Morgan fingerprint density at radius 2 is 2.24 bits per heavy atom. The van der Waals surface area contributed by atoms with Crippen LogP contribution in [0.4, 0.5) is 0 Å². The van der Waals surface area contributed by atoms with Crippen LogP contribution in [-0.4, -0.2) is 34.3 Å². The normalized spacial score (nSPS) is 11.7. The molecule has 0 fully saturated rings. The molecule has 2 heterocycles. The SMILES string of the molecule is CCc1nn(C)cc1CNS(=O)(=O)c1scnc1C(=O)O. The Labute approximate surface area is 125 Å². The minimum atomic E-state index is -3.92. The molecule has 0 amide bonds. The number of aromatic nitrogens is 3. The Morgan fingerprint density at radius 3 is 2.86 bits per heavy atom. The van der Waals surface area contributed by atoms with Gasteiger partial charge in [-0.15, -0.1) is 11.3 Å². The molecule has 0 saturated heterocycles.